The molecule has 0 radical (unpaired) electrons. The number of halogens is 4. The number of carbonyl (C=O) groups excluding carboxylic acids is 2. The third-order valence-electron chi connectivity index (χ3n) is 5.99. The van der Waals surface area contributed by atoms with Crippen LogP contribution in [0.1, 0.15) is 34.4 Å². The number of rotatable bonds is 6. The number of hydrogen-bond acceptors (Lipinski definition) is 7. The number of alkyl halides is 3. The van der Waals surface area contributed by atoms with Crippen molar-refractivity contribution in [2.45, 2.75) is 31.0 Å². The summed E-state index contributed by atoms with van der Waals surface area (Å²) in [6.07, 6.45) is -5.33. The first-order valence-corrected chi connectivity index (χ1v) is 10.5. The van der Waals surface area contributed by atoms with Crippen molar-refractivity contribution in [2.75, 3.05) is 13.2 Å². The smallest absolute Gasteiger partial charge is 0.424 e. The molecule has 2 atom stereocenters. The number of hydrogen-bond donors (Lipinski definition) is 3. The van der Waals surface area contributed by atoms with Crippen LogP contribution in [0.4, 0.5) is 17.6 Å². The number of pyridine rings is 1. The van der Waals surface area contributed by atoms with E-state index < -0.39 is 47.1 Å². The summed E-state index contributed by atoms with van der Waals surface area (Å²) in [7, 11) is 0. The van der Waals surface area contributed by atoms with E-state index in [9.17, 15) is 32.3 Å². The Morgan fingerprint density at radius 2 is 1.89 bits per heavy atom. The van der Waals surface area contributed by atoms with E-state index in [-0.39, 0.29) is 40.6 Å². The summed E-state index contributed by atoms with van der Waals surface area (Å²) in [5, 5.41) is 16.3. The number of nitrogens with two attached hydrogens (primary N) is 1. The Morgan fingerprint density at radius 1 is 1.22 bits per heavy atom. The Kier molecular flexibility index (Phi) is 5.99. The van der Waals surface area contributed by atoms with Crippen molar-refractivity contribution in [3.05, 3.63) is 64.9 Å². The lowest BCUT2D eigenvalue weighted by atomic mass is 9.81. The summed E-state index contributed by atoms with van der Waals surface area (Å²) in [5.41, 5.74) is -1.00. The number of aryl methyl sites for hydroxylation is 1. The van der Waals surface area contributed by atoms with Crippen LogP contribution in [0.2, 0.25) is 0 Å². The maximum atomic E-state index is 14.3. The van der Waals surface area contributed by atoms with Crippen LogP contribution in [0, 0.1) is 12.7 Å². The molecule has 190 valence electrons. The number of carbonyl (C=O) groups is 2. The molecule has 0 saturated heterocycles. The second-order valence-corrected chi connectivity index (χ2v) is 8.59. The van der Waals surface area contributed by atoms with Crippen molar-refractivity contribution in [1.82, 2.24) is 15.5 Å². The van der Waals surface area contributed by atoms with Crippen LogP contribution < -0.4 is 15.8 Å². The Morgan fingerprint density at radius 3 is 2.44 bits per heavy atom. The molecule has 1 aliphatic rings. The first-order chi connectivity index (χ1) is 16.8. The van der Waals surface area contributed by atoms with Gasteiger partial charge in [-0.3, -0.25) is 9.59 Å². The highest BCUT2D eigenvalue weighted by molar-refractivity contribution is 5.92. The zero-order valence-electron chi connectivity index (χ0n) is 18.9. The van der Waals surface area contributed by atoms with Gasteiger partial charge in [-0.15, -0.1) is 0 Å². The van der Waals surface area contributed by atoms with Crippen molar-refractivity contribution in [3.8, 4) is 17.0 Å². The van der Waals surface area contributed by atoms with Gasteiger partial charge >= 0.3 is 6.18 Å². The monoisotopic (exact) mass is 508 g/mol. The number of amides is 2. The molecule has 3 aromatic rings. The van der Waals surface area contributed by atoms with E-state index in [1.165, 1.54) is 32.0 Å². The van der Waals surface area contributed by atoms with Crippen LogP contribution in [0.15, 0.2) is 40.9 Å². The predicted molar refractivity (Wildman–Crippen MR) is 115 cm³/mol. The van der Waals surface area contributed by atoms with Crippen LogP contribution in [-0.2, 0) is 15.8 Å². The second-order valence-electron chi connectivity index (χ2n) is 8.59. The second kappa shape index (κ2) is 8.59. The number of fused-ring (bicyclic) bond motifs is 1. The van der Waals surface area contributed by atoms with Gasteiger partial charge in [-0.1, -0.05) is 5.16 Å². The summed E-state index contributed by atoms with van der Waals surface area (Å²) < 4.78 is 66.7. The average molecular weight is 508 g/mol. The first-order valence-electron chi connectivity index (χ1n) is 10.5. The number of aromatic nitrogens is 2. The van der Waals surface area contributed by atoms with Gasteiger partial charge in [-0.05, 0) is 44.2 Å². The molecule has 4 rings (SSSR count). The van der Waals surface area contributed by atoms with Gasteiger partial charge in [0, 0.05) is 17.2 Å². The fourth-order valence-corrected chi connectivity index (χ4v) is 3.71. The van der Waals surface area contributed by atoms with Gasteiger partial charge < -0.3 is 25.4 Å². The van der Waals surface area contributed by atoms with E-state index in [0.717, 1.165) is 18.2 Å². The lowest BCUT2D eigenvalue weighted by molar-refractivity contribution is -0.265. The molecule has 1 aromatic carbocycles. The van der Waals surface area contributed by atoms with Gasteiger partial charge in [0.2, 0.25) is 11.5 Å². The quantitative estimate of drug-likeness (QED) is 0.435. The molecule has 13 heteroatoms. The van der Waals surface area contributed by atoms with E-state index in [2.05, 4.69) is 10.1 Å². The first kappa shape index (κ1) is 25.1. The van der Waals surface area contributed by atoms with Crippen molar-refractivity contribution in [3.63, 3.8) is 0 Å². The maximum absolute atomic E-state index is 14.3. The molecule has 0 saturated carbocycles. The number of benzene rings is 1. The molecular formula is C23H20F4N4O5. The molecule has 0 aliphatic carbocycles. The van der Waals surface area contributed by atoms with Gasteiger partial charge in [0.05, 0.1) is 12.2 Å². The van der Waals surface area contributed by atoms with E-state index in [1.807, 2.05) is 5.32 Å². The van der Waals surface area contributed by atoms with E-state index >= 15 is 0 Å². The molecule has 9 nitrogen and oxygen atoms in total. The molecule has 4 N–H and O–H groups in total. The third-order valence-corrected chi connectivity index (χ3v) is 5.99. The number of ether oxygens (including phenoxy) is 1. The van der Waals surface area contributed by atoms with E-state index in [4.69, 9.17) is 15.0 Å². The summed E-state index contributed by atoms with van der Waals surface area (Å²) in [6, 6.07) is 6.72. The molecule has 36 heavy (non-hydrogen) atoms. The van der Waals surface area contributed by atoms with E-state index in [1.54, 1.807) is 0 Å². The largest absolute Gasteiger partial charge is 0.489 e. The Labute approximate surface area is 201 Å². The van der Waals surface area contributed by atoms with Crippen LogP contribution in [-0.4, -0.2) is 46.4 Å². The summed E-state index contributed by atoms with van der Waals surface area (Å²) in [6.45, 7) is 1.23. The normalized spacial score (nSPS) is 18.8. The minimum absolute atomic E-state index is 0.0294. The van der Waals surface area contributed by atoms with Gasteiger partial charge in [0.25, 0.3) is 5.91 Å². The van der Waals surface area contributed by atoms with Crippen molar-refractivity contribution in [2.24, 2.45) is 5.73 Å². The fourth-order valence-electron chi connectivity index (χ4n) is 3.71. The zero-order valence-corrected chi connectivity index (χ0v) is 18.9. The van der Waals surface area contributed by atoms with Crippen molar-refractivity contribution < 1.29 is 41.5 Å². The highest BCUT2D eigenvalue weighted by atomic mass is 19.4. The number of primary amides is 1. The van der Waals surface area contributed by atoms with Crippen LogP contribution in [0.3, 0.4) is 0 Å². The summed E-state index contributed by atoms with van der Waals surface area (Å²) >= 11 is 0. The number of nitrogens with zero attached hydrogens (tertiary/aromatic N) is 2. The molecule has 0 bridgehead atoms. The fraction of sp³-hybridized carbons (Fsp3) is 0.304. The van der Waals surface area contributed by atoms with Crippen molar-refractivity contribution >= 4 is 11.8 Å². The highest BCUT2D eigenvalue weighted by Crippen LogP contribution is 2.47. The maximum Gasteiger partial charge on any atom is 0.424 e. The van der Waals surface area contributed by atoms with Crippen LogP contribution in [0.5, 0.6) is 5.75 Å². The predicted octanol–water partition coefficient (Wildman–Crippen LogP) is 2.50. The molecular weight excluding hydrogens is 488 g/mol. The van der Waals surface area contributed by atoms with Crippen molar-refractivity contribution in [1.29, 1.82) is 0 Å². The van der Waals surface area contributed by atoms with Crippen LogP contribution in [0.25, 0.3) is 11.3 Å². The number of nitrogens with one attached hydrogen (secondary N) is 1. The summed E-state index contributed by atoms with van der Waals surface area (Å²) in [4.78, 5) is 28.5. The minimum atomic E-state index is -5.33. The Balaban J connectivity index is 1.86. The minimum Gasteiger partial charge on any atom is -0.489 e. The van der Waals surface area contributed by atoms with Gasteiger partial charge in [0.15, 0.2) is 5.69 Å². The lowest BCUT2D eigenvalue weighted by Crippen LogP contribution is -2.52. The molecule has 2 amide bonds. The van der Waals surface area contributed by atoms with E-state index in [0.29, 0.717) is 0 Å². The SMILES string of the molecule is Cc1cc(C(=O)NCC(O)(c2cc3c(c(-c4ccc(F)cc4)n2)OC[C@]3(C)C(N)=O)C(F)(F)F)no1. The lowest BCUT2D eigenvalue weighted by Gasteiger charge is -2.31. The van der Waals surface area contributed by atoms with Gasteiger partial charge in [-0.2, -0.15) is 13.2 Å². The Hall–Kier alpha value is -4.00. The topological polar surface area (TPSA) is 141 Å². The molecule has 3 heterocycles. The zero-order chi connectivity index (χ0) is 26.5. The average Bonchev–Trinajstić information content (AvgIpc) is 3.41. The molecule has 0 fully saturated rings. The molecule has 0 spiro atoms. The number of aliphatic hydroxyl groups is 1. The molecule has 1 aliphatic heterocycles. The third kappa shape index (κ3) is 4.15. The summed E-state index contributed by atoms with van der Waals surface area (Å²) in [5.74, 6) is -2.29. The molecule has 2 aromatic heterocycles. The van der Waals surface area contributed by atoms with Crippen LogP contribution >= 0.6 is 0 Å². The van der Waals surface area contributed by atoms with Gasteiger partial charge in [-0.25, -0.2) is 9.37 Å². The Bertz CT molecular complexity index is 1340. The standard InChI is InChI=1S/C23H20F4N4O5/c1-11-7-15(31-36-11)19(32)29-9-22(34,23(25,26)27)16-8-14-18(35-10-21(14,2)20(28)33)17(30-16)12-3-5-13(24)6-4-12/h3-8,34H,9-10H2,1-2H3,(H2,28,33)(H,29,32)/t21-,22?/m0/s1. The highest BCUT2D eigenvalue weighted by Gasteiger charge is 2.57. The molecule has 1 unspecified atom stereocenters. The van der Waals surface area contributed by atoms with Gasteiger partial charge in [0.1, 0.15) is 35.0 Å².